The van der Waals surface area contributed by atoms with Crippen LogP contribution in [0.4, 0.5) is 8.78 Å². The van der Waals surface area contributed by atoms with E-state index in [1.807, 2.05) is 12.1 Å². The molecule has 4 rings (SSSR count). The lowest BCUT2D eigenvalue weighted by molar-refractivity contribution is 0.542. The van der Waals surface area contributed by atoms with Crippen molar-refractivity contribution < 1.29 is 8.78 Å². The first-order chi connectivity index (χ1) is 13.1. The molecule has 0 radical (unpaired) electrons. The smallest absolute Gasteiger partial charge is 0.141 e. The Balaban J connectivity index is 1.55. The second-order valence-corrected chi connectivity index (χ2v) is 9.45. The van der Waals surface area contributed by atoms with Gasteiger partial charge in [0.2, 0.25) is 0 Å². The lowest BCUT2D eigenvalue weighted by Gasteiger charge is -2.05. The maximum atomic E-state index is 14.1. The zero-order valence-corrected chi connectivity index (χ0v) is 16.7. The van der Waals surface area contributed by atoms with Crippen LogP contribution >= 0.6 is 34.4 Å². The Morgan fingerprint density at radius 3 is 2.30 bits per heavy atom. The maximum absolute atomic E-state index is 14.1. The van der Waals surface area contributed by atoms with Crippen molar-refractivity contribution in [3.8, 4) is 25.6 Å². The minimum atomic E-state index is -0.699. The molecule has 0 unspecified atom stereocenters. The lowest BCUT2D eigenvalue weighted by atomic mass is 10.0. The van der Waals surface area contributed by atoms with Gasteiger partial charge in [0.25, 0.3) is 0 Å². The minimum Gasteiger partial charge on any atom is -0.206 e. The number of allylic oxidation sites excluding steroid dienone is 2. The van der Waals surface area contributed by atoms with Gasteiger partial charge in [-0.15, -0.1) is 22.7 Å². The zero-order valence-electron chi connectivity index (χ0n) is 14.2. The molecule has 6 heteroatoms. The number of halogens is 2. The number of rotatable bonds is 5. The van der Waals surface area contributed by atoms with Gasteiger partial charge in [0.1, 0.15) is 17.0 Å². The van der Waals surface area contributed by atoms with E-state index in [1.54, 1.807) is 16.7 Å². The average molecular weight is 416 g/mol. The number of hydrogen-bond donors (Lipinski definition) is 0. The van der Waals surface area contributed by atoms with E-state index >= 15 is 0 Å². The van der Waals surface area contributed by atoms with Crippen molar-refractivity contribution >= 4 is 34.4 Å². The van der Waals surface area contributed by atoms with Gasteiger partial charge >= 0.3 is 0 Å². The van der Waals surface area contributed by atoms with Gasteiger partial charge in [0, 0.05) is 19.5 Å². The quantitative estimate of drug-likeness (QED) is 0.245. The lowest BCUT2D eigenvalue weighted by Crippen LogP contribution is -1.96. The molecular weight excluding hydrogens is 400 g/mol. The number of hydrogen-bond acceptors (Lipinski definition) is 4. The van der Waals surface area contributed by atoms with Crippen molar-refractivity contribution in [2.24, 2.45) is 5.92 Å². The molecule has 0 saturated carbocycles. The fraction of sp³-hybridized carbons (Fsp3) is 0.190. The highest BCUT2D eigenvalue weighted by Crippen LogP contribution is 2.40. The normalized spacial score (nSPS) is 14.0. The summed E-state index contributed by atoms with van der Waals surface area (Å²) in [5.41, 5.74) is 0.498. The number of thiocyanates is 1. The molecule has 0 bridgehead atoms. The summed E-state index contributed by atoms with van der Waals surface area (Å²) >= 11 is 3.82. The number of benzene rings is 1. The second-order valence-electron chi connectivity index (χ2n) is 6.41. The molecule has 0 saturated heterocycles. The monoisotopic (exact) mass is 415 g/mol. The number of thiophene rings is 2. The van der Waals surface area contributed by atoms with Crippen LogP contribution in [0.25, 0.3) is 20.2 Å². The molecule has 1 aliphatic rings. The third-order valence-corrected chi connectivity index (χ3v) is 7.66. The fourth-order valence-corrected chi connectivity index (χ4v) is 5.83. The molecule has 1 nitrogen and oxygen atoms in total. The van der Waals surface area contributed by atoms with Crippen LogP contribution in [-0.2, 0) is 6.42 Å². The standard InChI is InChI=1S/C21H15F2NS3/c22-16-10-14(11-17(23)21(16)25-12-24)18-7-8-20(27-18)19-6-5-15(26-19)9-13-3-1-2-4-13/h1-2,5-8,10-11,13H,3-4,9H2. The van der Waals surface area contributed by atoms with Gasteiger partial charge in [-0.2, -0.15) is 5.26 Å². The highest BCUT2D eigenvalue weighted by atomic mass is 32.2. The van der Waals surface area contributed by atoms with Crippen LogP contribution in [0.2, 0.25) is 0 Å². The molecule has 0 fully saturated rings. The van der Waals surface area contributed by atoms with E-state index in [0.29, 0.717) is 23.2 Å². The fourth-order valence-electron chi connectivity index (χ4n) is 3.22. The molecule has 0 atom stereocenters. The van der Waals surface area contributed by atoms with E-state index in [2.05, 4.69) is 24.3 Å². The van der Waals surface area contributed by atoms with E-state index in [4.69, 9.17) is 5.26 Å². The molecule has 0 N–H and O–H groups in total. The van der Waals surface area contributed by atoms with E-state index in [0.717, 1.165) is 29.0 Å². The Bertz CT molecular complexity index is 1010. The van der Waals surface area contributed by atoms with Crippen LogP contribution in [0.5, 0.6) is 0 Å². The summed E-state index contributed by atoms with van der Waals surface area (Å²) in [7, 11) is 0. The van der Waals surface area contributed by atoms with Crippen molar-refractivity contribution in [2.75, 3.05) is 0 Å². The number of nitrogens with zero attached hydrogens (tertiary/aromatic N) is 1. The summed E-state index contributed by atoms with van der Waals surface area (Å²) in [6.45, 7) is 0. The van der Waals surface area contributed by atoms with Crippen molar-refractivity contribution in [1.82, 2.24) is 0 Å². The van der Waals surface area contributed by atoms with E-state index in [1.165, 1.54) is 33.2 Å². The van der Waals surface area contributed by atoms with Gasteiger partial charge < -0.3 is 0 Å². The first-order valence-corrected chi connectivity index (χ1v) is 11.0. The van der Waals surface area contributed by atoms with Gasteiger partial charge in [0.15, 0.2) is 0 Å². The van der Waals surface area contributed by atoms with Crippen LogP contribution in [0, 0.1) is 28.2 Å². The minimum absolute atomic E-state index is 0.248. The van der Waals surface area contributed by atoms with Gasteiger partial charge in [-0.05, 0) is 78.9 Å². The Kier molecular flexibility index (Phi) is 5.44. The molecule has 1 aromatic carbocycles. The molecule has 1 aliphatic carbocycles. The number of thioether (sulfide) groups is 1. The van der Waals surface area contributed by atoms with Gasteiger partial charge in [-0.1, -0.05) is 12.2 Å². The summed E-state index contributed by atoms with van der Waals surface area (Å²) < 4.78 is 28.2. The second kappa shape index (κ2) is 7.97. The van der Waals surface area contributed by atoms with E-state index in [-0.39, 0.29) is 4.90 Å². The Hall–Kier alpha value is -1.94. The predicted octanol–water partition coefficient (Wildman–Crippen LogP) is 7.50. The summed E-state index contributed by atoms with van der Waals surface area (Å²) in [6.07, 6.45) is 7.93. The van der Waals surface area contributed by atoms with Crippen LogP contribution < -0.4 is 0 Å². The summed E-state index contributed by atoms with van der Waals surface area (Å²) in [4.78, 5) is 4.23. The Morgan fingerprint density at radius 1 is 0.963 bits per heavy atom. The molecule has 0 spiro atoms. The molecule has 136 valence electrons. The predicted molar refractivity (Wildman–Crippen MR) is 110 cm³/mol. The van der Waals surface area contributed by atoms with Crippen molar-refractivity contribution in [1.29, 1.82) is 5.26 Å². The largest absolute Gasteiger partial charge is 0.206 e. The molecule has 0 amide bonds. The average Bonchev–Trinajstić information content (AvgIpc) is 3.39. The summed E-state index contributed by atoms with van der Waals surface area (Å²) in [5, 5.41) is 10.4. The first kappa shape index (κ1) is 18.4. The zero-order chi connectivity index (χ0) is 18.8. The van der Waals surface area contributed by atoms with Gasteiger partial charge in [0.05, 0.1) is 4.90 Å². The molecular formula is C21H15F2NS3. The first-order valence-electron chi connectivity index (χ1n) is 8.53. The van der Waals surface area contributed by atoms with Crippen LogP contribution in [-0.4, -0.2) is 0 Å². The van der Waals surface area contributed by atoms with E-state index in [9.17, 15) is 8.78 Å². The van der Waals surface area contributed by atoms with Crippen LogP contribution in [0.3, 0.4) is 0 Å². The highest BCUT2D eigenvalue weighted by molar-refractivity contribution is 8.03. The molecule has 27 heavy (non-hydrogen) atoms. The third kappa shape index (κ3) is 4.01. The maximum Gasteiger partial charge on any atom is 0.141 e. The SMILES string of the molecule is N#CSc1c(F)cc(-c2ccc(-c3ccc(CC4CC=CC4)s3)s2)cc1F. The number of nitriles is 1. The van der Waals surface area contributed by atoms with Crippen molar-refractivity contribution in [2.45, 2.75) is 24.2 Å². The van der Waals surface area contributed by atoms with Crippen LogP contribution in [0.1, 0.15) is 17.7 Å². The Labute approximate surface area is 169 Å². The summed E-state index contributed by atoms with van der Waals surface area (Å²) in [5.74, 6) is -0.684. The molecule has 3 aromatic rings. The highest BCUT2D eigenvalue weighted by Gasteiger charge is 2.16. The third-order valence-electron chi connectivity index (χ3n) is 4.54. The Morgan fingerprint density at radius 2 is 1.59 bits per heavy atom. The molecule has 2 heterocycles. The van der Waals surface area contributed by atoms with Crippen molar-refractivity contribution in [3.05, 3.63) is 65.1 Å². The van der Waals surface area contributed by atoms with Crippen LogP contribution in [0.15, 0.2) is 53.4 Å². The van der Waals surface area contributed by atoms with Gasteiger partial charge in [-0.25, -0.2) is 8.78 Å². The topological polar surface area (TPSA) is 23.8 Å². The molecule has 2 aromatic heterocycles. The van der Waals surface area contributed by atoms with Gasteiger partial charge in [-0.3, -0.25) is 0 Å². The van der Waals surface area contributed by atoms with E-state index < -0.39 is 11.6 Å². The molecule has 0 aliphatic heterocycles. The summed E-state index contributed by atoms with van der Waals surface area (Å²) in [6, 6.07) is 10.8. The van der Waals surface area contributed by atoms with Crippen molar-refractivity contribution in [3.63, 3.8) is 0 Å².